The Bertz CT molecular complexity index is 930. The van der Waals surface area contributed by atoms with Gasteiger partial charge < -0.3 is 9.80 Å². The Morgan fingerprint density at radius 3 is 1.57 bits per heavy atom. The van der Waals surface area contributed by atoms with Gasteiger partial charge in [0.05, 0.1) is 0 Å². The molecule has 2 aliphatic carbocycles. The second-order valence-electron chi connectivity index (χ2n) is 10.4. The number of fused-ring (bicyclic) bond motifs is 5. The van der Waals surface area contributed by atoms with Crippen LogP contribution in [0.3, 0.4) is 0 Å². The maximum Gasteiger partial charge on any atom is 0.117 e. The van der Waals surface area contributed by atoms with E-state index >= 15 is 0 Å². The second-order valence-corrected chi connectivity index (χ2v) is 10.4. The first-order valence-corrected chi connectivity index (χ1v) is 11.3. The number of nitrogens with zero attached hydrogens (tertiary/aromatic N) is 4. The molecule has 0 N–H and O–H groups in total. The van der Waals surface area contributed by atoms with Crippen LogP contribution in [0.15, 0.2) is 58.8 Å². The van der Waals surface area contributed by atoms with Gasteiger partial charge in [0, 0.05) is 45.0 Å². The number of benzene rings is 2. The van der Waals surface area contributed by atoms with E-state index in [2.05, 4.69) is 100 Å². The van der Waals surface area contributed by atoms with Crippen molar-refractivity contribution in [2.75, 3.05) is 38.0 Å². The Hall–Kier alpha value is -2.36. The van der Waals surface area contributed by atoms with Crippen LogP contribution in [0.2, 0.25) is 0 Å². The minimum absolute atomic E-state index is 0.0916. The zero-order valence-electron chi connectivity index (χ0n) is 19.2. The average Bonchev–Trinajstić information content (AvgIpc) is 3.35. The van der Waals surface area contributed by atoms with Crippen LogP contribution in [0.25, 0.3) is 0 Å². The third kappa shape index (κ3) is 2.17. The van der Waals surface area contributed by atoms with Gasteiger partial charge >= 0.3 is 0 Å². The highest BCUT2D eigenvalue weighted by Gasteiger charge is 2.78. The third-order valence-electron chi connectivity index (χ3n) is 8.47. The van der Waals surface area contributed by atoms with E-state index in [1.807, 2.05) is 0 Å². The van der Waals surface area contributed by atoms with Crippen molar-refractivity contribution >= 4 is 11.4 Å². The van der Waals surface area contributed by atoms with Crippen molar-refractivity contribution in [2.24, 2.45) is 27.5 Å². The summed E-state index contributed by atoms with van der Waals surface area (Å²) in [4.78, 5) is 4.38. The molecule has 30 heavy (non-hydrogen) atoms. The molecule has 0 radical (unpaired) electrons. The molecule has 0 aromatic heterocycles. The van der Waals surface area contributed by atoms with Crippen molar-refractivity contribution in [3.05, 3.63) is 59.7 Å². The van der Waals surface area contributed by atoms with Crippen LogP contribution in [-0.4, -0.2) is 28.2 Å². The van der Waals surface area contributed by atoms with E-state index in [1.165, 1.54) is 41.8 Å². The number of hydrogen-bond acceptors (Lipinski definition) is 4. The zero-order valence-corrected chi connectivity index (χ0v) is 19.2. The SMILES string of the molecule is CN(C)c1cccc([C@@]23N=N[C@@](c4cccc(N(C)C)c4)([C@H]4CCC[C@H]42)C3(C)C)c1. The summed E-state index contributed by atoms with van der Waals surface area (Å²) in [6.07, 6.45) is 3.77. The number of azo groups is 1. The van der Waals surface area contributed by atoms with Crippen molar-refractivity contribution in [3.8, 4) is 0 Å². The van der Waals surface area contributed by atoms with Crippen molar-refractivity contribution in [1.82, 2.24) is 0 Å². The normalized spacial score (nSPS) is 33.0. The minimum Gasteiger partial charge on any atom is -0.378 e. The van der Waals surface area contributed by atoms with Crippen molar-refractivity contribution in [2.45, 2.75) is 44.2 Å². The Morgan fingerprint density at radius 1 is 0.733 bits per heavy atom. The van der Waals surface area contributed by atoms with Crippen LogP contribution in [0, 0.1) is 17.3 Å². The molecule has 2 bridgehead atoms. The molecule has 4 atom stereocenters. The lowest BCUT2D eigenvalue weighted by Crippen LogP contribution is -2.44. The first-order chi connectivity index (χ1) is 14.3. The van der Waals surface area contributed by atoms with Crippen molar-refractivity contribution < 1.29 is 0 Å². The van der Waals surface area contributed by atoms with Crippen LogP contribution < -0.4 is 9.80 Å². The van der Waals surface area contributed by atoms with Gasteiger partial charge in [-0.1, -0.05) is 44.5 Å². The molecule has 1 aliphatic heterocycles. The molecule has 5 rings (SSSR count). The van der Waals surface area contributed by atoms with Gasteiger partial charge in [-0.15, -0.1) is 0 Å². The van der Waals surface area contributed by atoms with E-state index in [-0.39, 0.29) is 16.5 Å². The summed E-state index contributed by atoms with van der Waals surface area (Å²) in [5, 5.41) is 10.4. The number of anilines is 2. The van der Waals surface area contributed by atoms with Gasteiger partial charge in [-0.2, -0.15) is 10.2 Å². The molecule has 0 unspecified atom stereocenters. The molecule has 0 amide bonds. The van der Waals surface area contributed by atoms with Crippen LogP contribution in [0.1, 0.15) is 44.2 Å². The van der Waals surface area contributed by atoms with Crippen molar-refractivity contribution in [3.63, 3.8) is 0 Å². The molecule has 158 valence electrons. The lowest BCUT2D eigenvalue weighted by molar-refractivity contribution is 0.141. The molecule has 2 aromatic carbocycles. The van der Waals surface area contributed by atoms with E-state index < -0.39 is 0 Å². The smallest absolute Gasteiger partial charge is 0.117 e. The Labute approximate surface area is 181 Å². The highest BCUT2D eigenvalue weighted by Crippen LogP contribution is 2.77. The van der Waals surface area contributed by atoms with E-state index in [0.29, 0.717) is 11.8 Å². The van der Waals surface area contributed by atoms with Gasteiger partial charge in [0.25, 0.3) is 0 Å². The zero-order chi connectivity index (χ0) is 21.3. The monoisotopic (exact) mass is 402 g/mol. The summed E-state index contributed by atoms with van der Waals surface area (Å²) in [5.41, 5.74) is 4.54. The van der Waals surface area contributed by atoms with E-state index in [1.54, 1.807) is 0 Å². The third-order valence-corrected chi connectivity index (χ3v) is 8.47. The standard InChI is InChI=1S/C26H34N4/c1-24(2)25(18-10-7-12-20(16-18)29(3)4)22-14-9-15-23(22)26(24,28-27-25)19-11-8-13-21(17-19)30(5)6/h7-8,10-13,16-17,22-23H,9,14-15H2,1-6H3/t22-,23+,25-,26+. The predicted octanol–water partition coefficient (Wildman–Crippen LogP) is 5.83. The fourth-order valence-corrected chi connectivity index (χ4v) is 7.04. The maximum absolute atomic E-state index is 5.22. The first-order valence-electron chi connectivity index (χ1n) is 11.3. The van der Waals surface area contributed by atoms with E-state index in [9.17, 15) is 0 Å². The Balaban J connectivity index is 1.73. The summed E-state index contributed by atoms with van der Waals surface area (Å²) >= 11 is 0. The Kier molecular flexibility index (Phi) is 4.13. The molecule has 2 aromatic rings. The van der Waals surface area contributed by atoms with Crippen LogP contribution >= 0.6 is 0 Å². The van der Waals surface area contributed by atoms with Gasteiger partial charge in [-0.3, -0.25) is 0 Å². The molecule has 2 fully saturated rings. The van der Waals surface area contributed by atoms with E-state index in [4.69, 9.17) is 10.2 Å². The van der Waals surface area contributed by atoms with E-state index in [0.717, 1.165) is 0 Å². The highest BCUT2D eigenvalue weighted by atomic mass is 15.3. The lowest BCUT2D eigenvalue weighted by Gasteiger charge is -2.42. The predicted molar refractivity (Wildman–Crippen MR) is 124 cm³/mol. The fraction of sp³-hybridized carbons (Fsp3) is 0.538. The fourth-order valence-electron chi connectivity index (χ4n) is 7.04. The lowest BCUT2D eigenvalue weighted by atomic mass is 9.61. The molecular formula is C26H34N4. The van der Waals surface area contributed by atoms with Gasteiger partial charge in [0.15, 0.2) is 0 Å². The number of hydrogen-bond donors (Lipinski definition) is 0. The van der Waals surface area contributed by atoms with Crippen molar-refractivity contribution in [1.29, 1.82) is 0 Å². The molecule has 4 nitrogen and oxygen atoms in total. The quantitative estimate of drug-likeness (QED) is 0.644. The molecule has 3 aliphatic rings. The molecule has 0 spiro atoms. The van der Waals surface area contributed by atoms with Gasteiger partial charge in [0.1, 0.15) is 11.1 Å². The average molecular weight is 403 g/mol. The van der Waals surface area contributed by atoms with Crippen LogP contribution in [0.4, 0.5) is 11.4 Å². The molecule has 4 heteroatoms. The van der Waals surface area contributed by atoms with Gasteiger partial charge in [-0.05, 0) is 60.1 Å². The molecular weight excluding hydrogens is 368 g/mol. The summed E-state index contributed by atoms with van der Waals surface area (Å²) < 4.78 is 0. The highest BCUT2D eigenvalue weighted by molar-refractivity contribution is 5.55. The summed E-state index contributed by atoms with van der Waals surface area (Å²) in [6, 6.07) is 18.1. The van der Waals surface area contributed by atoms with Crippen LogP contribution in [-0.2, 0) is 11.1 Å². The molecule has 0 saturated heterocycles. The summed E-state index contributed by atoms with van der Waals surface area (Å²) in [5.74, 6) is 1.09. The molecule has 1 heterocycles. The summed E-state index contributed by atoms with van der Waals surface area (Å²) in [6.45, 7) is 4.85. The van der Waals surface area contributed by atoms with Crippen LogP contribution in [0.5, 0.6) is 0 Å². The number of rotatable bonds is 4. The molecule has 2 saturated carbocycles. The first kappa shape index (κ1) is 19.6. The maximum atomic E-state index is 5.22. The largest absolute Gasteiger partial charge is 0.378 e. The topological polar surface area (TPSA) is 31.2 Å². The Morgan fingerprint density at radius 2 is 1.17 bits per heavy atom. The second kappa shape index (κ2) is 6.32. The van der Waals surface area contributed by atoms with Gasteiger partial charge in [0.2, 0.25) is 0 Å². The summed E-state index contributed by atoms with van der Waals surface area (Å²) in [7, 11) is 8.45. The minimum atomic E-state index is -0.256. The van der Waals surface area contributed by atoms with Gasteiger partial charge in [-0.25, -0.2) is 0 Å².